The molecule has 0 bridgehead atoms. The molecule has 1 amide bonds. The van der Waals surface area contributed by atoms with Gasteiger partial charge in [0.1, 0.15) is 5.82 Å². The van der Waals surface area contributed by atoms with E-state index in [-0.39, 0.29) is 16.9 Å². The summed E-state index contributed by atoms with van der Waals surface area (Å²) in [6.45, 7) is 2.70. The minimum atomic E-state index is -3.63. The summed E-state index contributed by atoms with van der Waals surface area (Å²) in [5, 5.41) is 3.54. The van der Waals surface area contributed by atoms with Gasteiger partial charge in [-0.05, 0) is 37.5 Å². The Morgan fingerprint density at radius 3 is 2.61 bits per heavy atom. The molecular weight excluding hydrogens is 468 g/mol. The van der Waals surface area contributed by atoms with Crippen LogP contribution < -0.4 is 5.32 Å². The Balaban J connectivity index is 1.56. The van der Waals surface area contributed by atoms with Crippen LogP contribution >= 0.6 is 27.5 Å². The molecule has 1 aromatic carbocycles. The van der Waals surface area contributed by atoms with Gasteiger partial charge in [0.15, 0.2) is 5.03 Å². The monoisotopic (exact) mass is 488 g/mol. The number of nitrogens with zero attached hydrogens (tertiary/aromatic N) is 3. The van der Waals surface area contributed by atoms with E-state index in [4.69, 9.17) is 11.6 Å². The maximum absolute atomic E-state index is 12.7. The molecule has 1 N–H and O–H groups in total. The summed E-state index contributed by atoms with van der Waals surface area (Å²) < 4.78 is 29.4. The lowest BCUT2D eigenvalue weighted by Crippen LogP contribution is -2.43. The average Bonchev–Trinajstić information content (AvgIpc) is 3.00. The molecule has 1 saturated heterocycles. The van der Waals surface area contributed by atoms with Crippen molar-refractivity contribution in [1.82, 2.24) is 19.2 Å². The number of benzene rings is 1. The number of piperidine rings is 1. The lowest BCUT2D eigenvalue weighted by molar-refractivity contribution is -0.126. The standard InChI is InChI=1S/C18H22BrClN4O3S/c1-12-22-17(11-23(12)2)28(26,27)24-7-5-13(6-8-24)18(25)21-10-14-3-4-15(19)9-16(14)20/h3-4,9,11,13H,5-8,10H2,1-2H3,(H,21,25). The SMILES string of the molecule is Cc1nc(S(=O)(=O)N2CCC(C(=O)NCc3ccc(Br)cc3Cl)CC2)cn1C. The van der Waals surface area contributed by atoms with Crippen LogP contribution in [0.5, 0.6) is 0 Å². The van der Waals surface area contributed by atoms with Crippen molar-refractivity contribution in [2.24, 2.45) is 13.0 Å². The highest BCUT2D eigenvalue weighted by atomic mass is 79.9. The van der Waals surface area contributed by atoms with Gasteiger partial charge < -0.3 is 9.88 Å². The van der Waals surface area contributed by atoms with Crippen LogP contribution in [0.15, 0.2) is 33.9 Å². The normalized spacial score (nSPS) is 16.3. The Hall–Kier alpha value is -1.42. The zero-order chi connectivity index (χ0) is 20.5. The topological polar surface area (TPSA) is 84.3 Å². The number of amides is 1. The maximum atomic E-state index is 12.7. The number of aromatic nitrogens is 2. The average molecular weight is 490 g/mol. The first-order valence-corrected chi connectivity index (χ1v) is 11.5. The molecular formula is C18H22BrClN4O3S. The van der Waals surface area contributed by atoms with Gasteiger partial charge in [-0.1, -0.05) is 33.6 Å². The third-order valence-corrected chi connectivity index (χ3v) is 7.60. The van der Waals surface area contributed by atoms with Crippen LogP contribution in [0.1, 0.15) is 24.2 Å². The summed E-state index contributed by atoms with van der Waals surface area (Å²) in [6.07, 6.45) is 2.47. The molecule has 0 saturated carbocycles. The van der Waals surface area contributed by atoms with Crippen molar-refractivity contribution in [3.05, 3.63) is 45.3 Å². The zero-order valence-electron chi connectivity index (χ0n) is 15.7. The number of sulfonamides is 1. The second kappa shape index (κ2) is 8.52. The predicted octanol–water partition coefficient (Wildman–Crippen LogP) is 2.86. The molecule has 1 aromatic heterocycles. The van der Waals surface area contributed by atoms with Gasteiger partial charge in [0.25, 0.3) is 10.0 Å². The zero-order valence-corrected chi connectivity index (χ0v) is 18.8. The van der Waals surface area contributed by atoms with Gasteiger partial charge in [-0.25, -0.2) is 13.4 Å². The van der Waals surface area contributed by atoms with Crippen LogP contribution in [-0.4, -0.2) is 41.3 Å². The molecule has 0 atom stereocenters. The van der Waals surface area contributed by atoms with E-state index in [0.717, 1.165) is 10.0 Å². The molecule has 3 rings (SSSR count). The van der Waals surface area contributed by atoms with Gasteiger partial charge in [-0.3, -0.25) is 4.79 Å². The molecule has 0 radical (unpaired) electrons. The predicted molar refractivity (Wildman–Crippen MR) is 110 cm³/mol. The number of nitrogens with one attached hydrogen (secondary N) is 1. The van der Waals surface area contributed by atoms with E-state index in [1.807, 2.05) is 12.1 Å². The number of aryl methyl sites for hydroxylation is 2. The van der Waals surface area contributed by atoms with Crippen LogP contribution in [0.4, 0.5) is 0 Å². The van der Waals surface area contributed by atoms with E-state index < -0.39 is 10.0 Å². The van der Waals surface area contributed by atoms with Crippen molar-refractivity contribution in [2.75, 3.05) is 13.1 Å². The Kier molecular flexibility index (Phi) is 6.48. The van der Waals surface area contributed by atoms with Gasteiger partial charge >= 0.3 is 0 Å². The molecule has 0 spiro atoms. The minimum absolute atomic E-state index is 0.0558. The highest BCUT2D eigenvalue weighted by Gasteiger charge is 2.33. The summed E-state index contributed by atoms with van der Waals surface area (Å²) in [7, 11) is -1.87. The molecule has 1 aliphatic rings. The summed E-state index contributed by atoms with van der Waals surface area (Å²) in [5.74, 6) is 0.343. The van der Waals surface area contributed by atoms with Crippen LogP contribution in [0.3, 0.4) is 0 Å². The van der Waals surface area contributed by atoms with E-state index in [9.17, 15) is 13.2 Å². The van der Waals surface area contributed by atoms with Crippen LogP contribution in [0, 0.1) is 12.8 Å². The Labute approximate surface area is 178 Å². The van der Waals surface area contributed by atoms with Crippen molar-refractivity contribution in [3.8, 4) is 0 Å². The fourth-order valence-electron chi connectivity index (χ4n) is 3.13. The van der Waals surface area contributed by atoms with Gasteiger partial charge in [0.2, 0.25) is 5.91 Å². The van der Waals surface area contributed by atoms with Crippen LogP contribution in [-0.2, 0) is 28.4 Å². The van der Waals surface area contributed by atoms with Crippen molar-refractivity contribution in [1.29, 1.82) is 0 Å². The summed E-state index contributed by atoms with van der Waals surface area (Å²) >= 11 is 9.53. The number of hydrogen-bond acceptors (Lipinski definition) is 4. The van der Waals surface area contributed by atoms with E-state index >= 15 is 0 Å². The number of carbonyl (C=O) groups is 1. The van der Waals surface area contributed by atoms with E-state index in [2.05, 4.69) is 26.2 Å². The number of hydrogen-bond donors (Lipinski definition) is 1. The maximum Gasteiger partial charge on any atom is 0.262 e. The molecule has 0 unspecified atom stereocenters. The Morgan fingerprint density at radius 2 is 2.04 bits per heavy atom. The first kappa shape index (κ1) is 21.3. The number of imidazole rings is 1. The molecule has 2 heterocycles. The largest absolute Gasteiger partial charge is 0.352 e. The lowest BCUT2D eigenvalue weighted by atomic mass is 9.97. The van der Waals surface area contributed by atoms with E-state index in [0.29, 0.717) is 43.3 Å². The first-order valence-electron chi connectivity index (χ1n) is 8.90. The minimum Gasteiger partial charge on any atom is -0.352 e. The van der Waals surface area contributed by atoms with Crippen molar-refractivity contribution >= 4 is 43.5 Å². The number of halogens is 2. The highest BCUT2D eigenvalue weighted by Crippen LogP contribution is 2.24. The lowest BCUT2D eigenvalue weighted by Gasteiger charge is -2.30. The van der Waals surface area contributed by atoms with E-state index in [1.165, 1.54) is 10.5 Å². The molecule has 1 aliphatic heterocycles. The second-order valence-corrected chi connectivity index (χ2v) is 10.1. The summed E-state index contributed by atoms with van der Waals surface area (Å²) in [4.78, 5) is 16.6. The molecule has 152 valence electrons. The van der Waals surface area contributed by atoms with Crippen LogP contribution in [0.25, 0.3) is 0 Å². The smallest absolute Gasteiger partial charge is 0.262 e. The van der Waals surface area contributed by atoms with Crippen LogP contribution in [0.2, 0.25) is 5.02 Å². The molecule has 28 heavy (non-hydrogen) atoms. The molecule has 0 aliphatic carbocycles. The Bertz CT molecular complexity index is 965. The number of rotatable bonds is 5. The Morgan fingerprint density at radius 1 is 1.36 bits per heavy atom. The molecule has 10 heteroatoms. The van der Waals surface area contributed by atoms with Gasteiger partial charge in [-0.2, -0.15) is 4.31 Å². The third kappa shape index (κ3) is 4.59. The fraction of sp³-hybridized carbons (Fsp3) is 0.444. The van der Waals surface area contributed by atoms with Gasteiger partial charge in [0, 0.05) is 48.3 Å². The van der Waals surface area contributed by atoms with Crippen molar-refractivity contribution < 1.29 is 13.2 Å². The summed E-state index contributed by atoms with van der Waals surface area (Å²) in [5.41, 5.74) is 0.837. The fourth-order valence-corrected chi connectivity index (χ4v) is 5.37. The molecule has 2 aromatic rings. The second-order valence-electron chi connectivity index (χ2n) is 6.87. The first-order chi connectivity index (χ1) is 13.2. The molecule has 1 fully saturated rings. The van der Waals surface area contributed by atoms with Crippen molar-refractivity contribution in [3.63, 3.8) is 0 Å². The van der Waals surface area contributed by atoms with E-state index in [1.54, 1.807) is 24.6 Å². The quantitative estimate of drug-likeness (QED) is 0.700. The highest BCUT2D eigenvalue weighted by molar-refractivity contribution is 9.10. The molecule has 7 nitrogen and oxygen atoms in total. The van der Waals surface area contributed by atoms with Gasteiger partial charge in [0.05, 0.1) is 0 Å². The summed E-state index contributed by atoms with van der Waals surface area (Å²) in [6, 6.07) is 5.51. The third-order valence-electron chi connectivity index (χ3n) is 4.98. The van der Waals surface area contributed by atoms with Crippen molar-refractivity contribution in [2.45, 2.75) is 31.3 Å². The van der Waals surface area contributed by atoms with Gasteiger partial charge in [-0.15, -0.1) is 0 Å². The number of carbonyl (C=O) groups excluding carboxylic acids is 1.